The summed E-state index contributed by atoms with van der Waals surface area (Å²) in [6.45, 7) is 4.40. The maximum Gasteiger partial charge on any atom is 0.251 e. The number of thiophene rings is 1. The Morgan fingerprint density at radius 2 is 1.87 bits per heavy atom. The molecule has 0 fully saturated rings. The molecule has 1 amide bonds. The van der Waals surface area contributed by atoms with Gasteiger partial charge in [0.25, 0.3) is 5.91 Å². The number of carbonyl (C=O) groups excluding carboxylic acids is 1. The number of aliphatic hydroxyl groups is 1. The predicted molar refractivity (Wildman–Crippen MR) is 119 cm³/mol. The van der Waals surface area contributed by atoms with Crippen LogP contribution >= 0.6 is 11.3 Å². The Bertz CT molecular complexity index is 1210. The van der Waals surface area contributed by atoms with Crippen molar-refractivity contribution in [3.05, 3.63) is 81.6 Å². The van der Waals surface area contributed by atoms with E-state index in [0.29, 0.717) is 24.0 Å². The van der Waals surface area contributed by atoms with Crippen LogP contribution < -0.4 is 5.32 Å². The summed E-state index contributed by atoms with van der Waals surface area (Å²) in [7, 11) is 0. The fraction of sp³-hybridized carbons (Fsp3) is 0.208. The molecule has 2 aromatic carbocycles. The maximum absolute atomic E-state index is 14.1. The zero-order chi connectivity index (χ0) is 21.3. The molecule has 0 bridgehead atoms. The molecule has 4 aromatic rings. The molecule has 0 aliphatic rings. The van der Waals surface area contributed by atoms with Crippen LogP contribution in [-0.2, 0) is 13.0 Å². The Balaban J connectivity index is 1.42. The van der Waals surface area contributed by atoms with Crippen molar-refractivity contribution in [1.82, 2.24) is 10.3 Å². The van der Waals surface area contributed by atoms with E-state index < -0.39 is 0 Å². The number of aryl methyl sites for hydroxylation is 2. The van der Waals surface area contributed by atoms with E-state index >= 15 is 0 Å². The van der Waals surface area contributed by atoms with Gasteiger partial charge >= 0.3 is 0 Å². The number of fused-ring (bicyclic) bond motifs is 1. The third-order valence-corrected chi connectivity index (χ3v) is 6.46. The highest BCUT2D eigenvalue weighted by Gasteiger charge is 2.14. The second kappa shape index (κ2) is 8.42. The van der Waals surface area contributed by atoms with Crippen molar-refractivity contribution in [2.75, 3.05) is 6.54 Å². The zero-order valence-electron chi connectivity index (χ0n) is 16.9. The lowest BCUT2D eigenvalue weighted by Crippen LogP contribution is -2.25. The predicted octanol–water partition coefficient (Wildman–Crippen LogP) is 5.12. The van der Waals surface area contributed by atoms with Crippen LogP contribution in [0.4, 0.5) is 4.39 Å². The van der Waals surface area contributed by atoms with E-state index in [9.17, 15) is 14.3 Å². The molecule has 2 heterocycles. The summed E-state index contributed by atoms with van der Waals surface area (Å²) in [5.41, 5.74) is 5.12. The Hall–Kier alpha value is -2.96. The number of nitrogens with one attached hydrogen (secondary N) is 2. The molecule has 4 rings (SSSR count). The molecule has 6 heteroatoms. The van der Waals surface area contributed by atoms with Gasteiger partial charge in [-0.2, -0.15) is 0 Å². The number of carbonyl (C=O) groups is 1. The number of amides is 1. The highest BCUT2D eigenvalue weighted by atomic mass is 32.1. The van der Waals surface area contributed by atoms with Crippen molar-refractivity contribution in [3.8, 4) is 10.4 Å². The second-order valence-corrected chi connectivity index (χ2v) is 8.52. The highest BCUT2D eigenvalue weighted by Crippen LogP contribution is 2.29. The van der Waals surface area contributed by atoms with Crippen LogP contribution in [0, 0.1) is 19.7 Å². The van der Waals surface area contributed by atoms with E-state index in [1.165, 1.54) is 17.4 Å². The maximum atomic E-state index is 14.1. The van der Waals surface area contributed by atoms with Gasteiger partial charge in [0.05, 0.1) is 12.1 Å². The SMILES string of the molecule is Cc1[nH]c2c(F)ccc(C)c2c1CCNC(=O)c1ccc(-c2ccc(CO)s2)cc1. The number of aromatic nitrogens is 1. The van der Waals surface area contributed by atoms with Crippen molar-refractivity contribution >= 4 is 28.1 Å². The third kappa shape index (κ3) is 3.88. The van der Waals surface area contributed by atoms with Crippen LogP contribution in [0.3, 0.4) is 0 Å². The van der Waals surface area contributed by atoms with E-state index in [0.717, 1.165) is 37.5 Å². The Morgan fingerprint density at radius 1 is 1.10 bits per heavy atom. The van der Waals surface area contributed by atoms with Gasteiger partial charge in [0.2, 0.25) is 0 Å². The lowest BCUT2D eigenvalue weighted by Gasteiger charge is -2.08. The molecule has 0 aliphatic carbocycles. The molecule has 0 saturated heterocycles. The van der Waals surface area contributed by atoms with Gasteiger partial charge < -0.3 is 15.4 Å². The quantitative estimate of drug-likeness (QED) is 0.404. The molecule has 0 saturated carbocycles. The summed E-state index contributed by atoms with van der Waals surface area (Å²) >= 11 is 1.54. The van der Waals surface area contributed by atoms with Gasteiger partial charge in [0.1, 0.15) is 5.82 Å². The van der Waals surface area contributed by atoms with E-state index in [1.807, 2.05) is 38.1 Å². The molecule has 0 aliphatic heterocycles. The average Bonchev–Trinajstić information content (AvgIpc) is 3.36. The molecule has 0 atom stereocenters. The van der Waals surface area contributed by atoms with Crippen molar-refractivity contribution in [1.29, 1.82) is 0 Å². The van der Waals surface area contributed by atoms with Crippen molar-refractivity contribution < 1.29 is 14.3 Å². The molecule has 2 aromatic heterocycles. The monoisotopic (exact) mass is 422 g/mol. The molecule has 0 spiro atoms. The summed E-state index contributed by atoms with van der Waals surface area (Å²) in [6, 6.07) is 14.6. The van der Waals surface area contributed by atoms with Gasteiger partial charge in [0.15, 0.2) is 0 Å². The van der Waals surface area contributed by atoms with Gasteiger partial charge in [0, 0.05) is 32.9 Å². The van der Waals surface area contributed by atoms with Gasteiger partial charge in [-0.1, -0.05) is 18.2 Å². The Kier molecular flexibility index (Phi) is 5.70. The van der Waals surface area contributed by atoms with Crippen LogP contribution in [0.5, 0.6) is 0 Å². The summed E-state index contributed by atoms with van der Waals surface area (Å²) < 4.78 is 14.1. The summed E-state index contributed by atoms with van der Waals surface area (Å²) in [5.74, 6) is -0.393. The number of aromatic amines is 1. The summed E-state index contributed by atoms with van der Waals surface area (Å²) in [5, 5.41) is 13.1. The first-order valence-electron chi connectivity index (χ1n) is 9.82. The molecule has 0 unspecified atom stereocenters. The number of benzene rings is 2. The van der Waals surface area contributed by atoms with E-state index in [2.05, 4.69) is 10.3 Å². The number of rotatable bonds is 6. The Morgan fingerprint density at radius 3 is 2.57 bits per heavy atom. The summed E-state index contributed by atoms with van der Waals surface area (Å²) in [4.78, 5) is 17.6. The molecule has 3 N–H and O–H groups in total. The largest absolute Gasteiger partial charge is 0.391 e. The number of H-pyrrole nitrogens is 1. The third-order valence-electron chi connectivity index (χ3n) is 5.34. The van der Waals surface area contributed by atoms with Crippen LogP contribution in [-0.4, -0.2) is 22.5 Å². The molecule has 4 nitrogen and oxygen atoms in total. The average molecular weight is 423 g/mol. The van der Waals surface area contributed by atoms with Crippen LogP contribution in [0.2, 0.25) is 0 Å². The van der Waals surface area contributed by atoms with Gasteiger partial charge in [-0.15, -0.1) is 11.3 Å². The standard InChI is InChI=1S/C24H23FN2O2S/c1-14-3-9-20(25)23-22(14)19(15(2)27-23)11-12-26-24(29)17-6-4-16(5-7-17)21-10-8-18(13-28)30-21/h3-10,27-28H,11-13H2,1-2H3,(H,26,29). The minimum atomic E-state index is -0.258. The molecule has 30 heavy (non-hydrogen) atoms. The van der Waals surface area contributed by atoms with Crippen molar-refractivity contribution in [3.63, 3.8) is 0 Å². The molecular formula is C24H23FN2O2S. The molecule has 0 radical (unpaired) electrons. The van der Waals surface area contributed by atoms with E-state index in [4.69, 9.17) is 0 Å². The second-order valence-electron chi connectivity index (χ2n) is 7.35. The number of hydrogen-bond donors (Lipinski definition) is 3. The first-order valence-corrected chi connectivity index (χ1v) is 10.6. The molecular weight excluding hydrogens is 399 g/mol. The molecule has 154 valence electrons. The lowest BCUT2D eigenvalue weighted by molar-refractivity contribution is 0.0954. The first-order chi connectivity index (χ1) is 14.5. The first kappa shape index (κ1) is 20.3. The normalized spacial score (nSPS) is 11.2. The topological polar surface area (TPSA) is 65.1 Å². The highest BCUT2D eigenvalue weighted by molar-refractivity contribution is 7.15. The Labute approximate surface area is 178 Å². The van der Waals surface area contributed by atoms with Gasteiger partial charge in [-0.05, 0) is 67.3 Å². The van der Waals surface area contributed by atoms with E-state index in [1.54, 1.807) is 18.2 Å². The minimum Gasteiger partial charge on any atom is -0.391 e. The van der Waals surface area contributed by atoms with Gasteiger partial charge in [-0.3, -0.25) is 4.79 Å². The van der Waals surface area contributed by atoms with Crippen molar-refractivity contribution in [2.45, 2.75) is 26.9 Å². The fourth-order valence-corrected chi connectivity index (χ4v) is 4.64. The number of halogens is 1. The van der Waals surface area contributed by atoms with E-state index in [-0.39, 0.29) is 18.3 Å². The van der Waals surface area contributed by atoms with Crippen LogP contribution in [0.1, 0.15) is 32.1 Å². The fourth-order valence-electron chi connectivity index (χ4n) is 3.76. The number of hydrogen-bond acceptors (Lipinski definition) is 3. The minimum absolute atomic E-state index is 0.0349. The summed E-state index contributed by atoms with van der Waals surface area (Å²) in [6.07, 6.45) is 0.624. The van der Waals surface area contributed by atoms with Gasteiger partial charge in [-0.25, -0.2) is 4.39 Å². The van der Waals surface area contributed by atoms with Crippen LogP contribution in [0.25, 0.3) is 21.3 Å². The zero-order valence-corrected chi connectivity index (χ0v) is 17.7. The smallest absolute Gasteiger partial charge is 0.251 e. The lowest BCUT2D eigenvalue weighted by atomic mass is 10.0. The van der Waals surface area contributed by atoms with Crippen LogP contribution in [0.15, 0.2) is 48.5 Å². The number of aliphatic hydroxyl groups excluding tert-OH is 1. The van der Waals surface area contributed by atoms with Crippen molar-refractivity contribution in [2.24, 2.45) is 0 Å².